The molecule has 3 nitrogen and oxygen atoms in total. The van der Waals surface area contributed by atoms with E-state index >= 15 is 0 Å². The molecular formula is C16H14FN3. The van der Waals surface area contributed by atoms with E-state index in [2.05, 4.69) is 15.0 Å². The molecule has 0 fully saturated rings. The van der Waals surface area contributed by atoms with E-state index in [1.165, 1.54) is 0 Å². The van der Waals surface area contributed by atoms with Gasteiger partial charge in [-0.05, 0) is 24.6 Å². The fourth-order valence-electron chi connectivity index (χ4n) is 2.35. The average molecular weight is 267 g/mol. The zero-order valence-corrected chi connectivity index (χ0v) is 11.0. The Morgan fingerprint density at radius 1 is 1.15 bits per heavy atom. The number of nitrogens with zero attached hydrogens (tertiary/aromatic N) is 2. The number of H-pyrrole nitrogens is 1. The summed E-state index contributed by atoms with van der Waals surface area (Å²) in [6.45, 7) is 1.77. The third kappa shape index (κ3) is 2.20. The van der Waals surface area contributed by atoms with Crippen LogP contribution in [0.1, 0.15) is 28.4 Å². The van der Waals surface area contributed by atoms with Gasteiger partial charge in [-0.15, -0.1) is 0 Å². The summed E-state index contributed by atoms with van der Waals surface area (Å²) in [5, 5.41) is 0. The summed E-state index contributed by atoms with van der Waals surface area (Å²) in [4.78, 5) is 11.5. The zero-order chi connectivity index (χ0) is 13.9. The molecule has 1 unspecified atom stereocenters. The van der Waals surface area contributed by atoms with Gasteiger partial charge in [0.05, 0.1) is 17.9 Å². The Hall–Kier alpha value is -2.49. The van der Waals surface area contributed by atoms with Crippen LogP contribution in [-0.4, -0.2) is 15.0 Å². The van der Waals surface area contributed by atoms with Crippen molar-refractivity contribution in [2.75, 3.05) is 0 Å². The molecule has 2 aromatic heterocycles. The minimum Gasteiger partial charge on any atom is -0.348 e. The summed E-state index contributed by atoms with van der Waals surface area (Å²) in [6, 6.07) is 11.1. The number of aromatic nitrogens is 3. The highest BCUT2D eigenvalue weighted by Crippen LogP contribution is 2.31. The van der Waals surface area contributed by atoms with Crippen LogP contribution in [-0.2, 0) is 0 Å². The lowest BCUT2D eigenvalue weighted by atomic mass is 9.91. The minimum absolute atomic E-state index is 0.197. The molecule has 4 heteroatoms. The highest BCUT2D eigenvalue weighted by Gasteiger charge is 2.23. The number of hydrogen-bond donors (Lipinski definition) is 1. The van der Waals surface area contributed by atoms with Gasteiger partial charge in [0, 0.05) is 23.7 Å². The summed E-state index contributed by atoms with van der Waals surface area (Å²) in [5.41, 5.74) is 2.85. The molecule has 0 amide bonds. The molecule has 0 spiro atoms. The Bertz CT molecular complexity index is 693. The van der Waals surface area contributed by atoms with Gasteiger partial charge in [0.2, 0.25) is 0 Å². The number of pyridine rings is 1. The molecule has 1 aromatic carbocycles. The van der Waals surface area contributed by atoms with Gasteiger partial charge in [-0.1, -0.05) is 24.3 Å². The first kappa shape index (κ1) is 12.5. The molecule has 0 radical (unpaired) electrons. The predicted molar refractivity (Wildman–Crippen MR) is 74.9 cm³/mol. The quantitative estimate of drug-likeness (QED) is 0.790. The first-order valence-electron chi connectivity index (χ1n) is 6.41. The zero-order valence-electron chi connectivity index (χ0n) is 11.0. The van der Waals surface area contributed by atoms with E-state index in [0.717, 1.165) is 11.4 Å². The molecule has 3 rings (SSSR count). The molecule has 20 heavy (non-hydrogen) atoms. The van der Waals surface area contributed by atoms with Crippen molar-refractivity contribution in [1.82, 2.24) is 15.0 Å². The first-order chi connectivity index (χ1) is 9.77. The summed E-state index contributed by atoms with van der Waals surface area (Å²) in [5.74, 6) is -0.476. The number of imidazole rings is 1. The second-order valence-corrected chi connectivity index (χ2v) is 4.67. The maximum absolute atomic E-state index is 14.5. The standard InChI is InChI=1S/C16H14FN3/c1-11-5-4-6-12(16(11)17)15(14-9-18-10-20-14)13-7-2-3-8-19-13/h2-10,15H,1H3,(H,18,20). The number of aryl methyl sites for hydroxylation is 1. The molecular weight excluding hydrogens is 253 g/mol. The van der Waals surface area contributed by atoms with Crippen LogP contribution in [0.5, 0.6) is 0 Å². The molecule has 1 atom stereocenters. The van der Waals surface area contributed by atoms with E-state index in [4.69, 9.17) is 0 Å². The fourth-order valence-corrected chi connectivity index (χ4v) is 2.35. The van der Waals surface area contributed by atoms with E-state index in [1.807, 2.05) is 24.3 Å². The molecule has 0 aliphatic carbocycles. The first-order valence-corrected chi connectivity index (χ1v) is 6.41. The van der Waals surface area contributed by atoms with Crippen molar-refractivity contribution in [3.63, 3.8) is 0 Å². The van der Waals surface area contributed by atoms with Crippen molar-refractivity contribution >= 4 is 0 Å². The summed E-state index contributed by atoms with van der Waals surface area (Å²) >= 11 is 0. The Balaban J connectivity index is 2.19. The van der Waals surface area contributed by atoms with Gasteiger partial charge in [0.15, 0.2) is 0 Å². The highest BCUT2D eigenvalue weighted by molar-refractivity contribution is 5.39. The van der Waals surface area contributed by atoms with Crippen molar-refractivity contribution < 1.29 is 4.39 Å². The van der Waals surface area contributed by atoms with E-state index < -0.39 is 0 Å². The Labute approximate surface area is 116 Å². The summed E-state index contributed by atoms with van der Waals surface area (Å²) in [7, 11) is 0. The Kier molecular flexibility index (Phi) is 3.29. The molecule has 0 aliphatic rings. The van der Waals surface area contributed by atoms with Crippen LogP contribution >= 0.6 is 0 Å². The summed E-state index contributed by atoms with van der Waals surface area (Å²) < 4.78 is 14.5. The van der Waals surface area contributed by atoms with Crippen LogP contribution in [0.25, 0.3) is 0 Å². The van der Waals surface area contributed by atoms with Crippen LogP contribution in [0.3, 0.4) is 0 Å². The van der Waals surface area contributed by atoms with Gasteiger partial charge in [0.1, 0.15) is 5.82 Å². The molecule has 2 heterocycles. The van der Waals surface area contributed by atoms with Crippen molar-refractivity contribution in [2.24, 2.45) is 0 Å². The monoisotopic (exact) mass is 267 g/mol. The highest BCUT2D eigenvalue weighted by atomic mass is 19.1. The average Bonchev–Trinajstić information content (AvgIpc) is 2.99. The van der Waals surface area contributed by atoms with Gasteiger partial charge in [0.25, 0.3) is 0 Å². The topological polar surface area (TPSA) is 41.6 Å². The van der Waals surface area contributed by atoms with Crippen LogP contribution < -0.4 is 0 Å². The lowest BCUT2D eigenvalue weighted by molar-refractivity contribution is 0.595. The van der Waals surface area contributed by atoms with Gasteiger partial charge in [-0.3, -0.25) is 4.98 Å². The van der Waals surface area contributed by atoms with E-state index in [-0.39, 0.29) is 11.7 Å². The smallest absolute Gasteiger partial charge is 0.130 e. The molecule has 100 valence electrons. The number of benzene rings is 1. The molecule has 0 saturated heterocycles. The largest absolute Gasteiger partial charge is 0.348 e. The second kappa shape index (κ2) is 5.25. The van der Waals surface area contributed by atoms with Gasteiger partial charge in [-0.2, -0.15) is 0 Å². The van der Waals surface area contributed by atoms with Crippen molar-refractivity contribution in [3.8, 4) is 0 Å². The lowest BCUT2D eigenvalue weighted by Gasteiger charge is -2.17. The van der Waals surface area contributed by atoms with Crippen LogP contribution in [0.2, 0.25) is 0 Å². The van der Waals surface area contributed by atoms with Gasteiger partial charge in [-0.25, -0.2) is 9.37 Å². The lowest BCUT2D eigenvalue weighted by Crippen LogP contribution is -2.08. The maximum atomic E-state index is 14.5. The fraction of sp³-hybridized carbons (Fsp3) is 0.125. The van der Waals surface area contributed by atoms with E-state index in [0.29, 0.717) is 11.1 Å². The molecule has 0 saturated carbocycles. The maximum Gasteiger partial charge on any atom is 0.130 e. The number of rotatable bonds is 3. The predicted octanol–water partition coefficient (Wildman–Crippen LogP) is 3.43. The normalized spacial score (nSPS) is 12.3. The van der Waals surface area contributed by atoms with Crippen molar-refractivity contribution in [2.45, 2.75) is 12.8 Å². The Morgan fingerprint density at radius 3 is 2.75 bits per heavy atom. The number of aromatic amines is 1. The van der Waals surface area contributed by atoms with Gasteiger partial charge < -0.3 is 4.98 Å². The Morgan fingerprint density at radius 2 is 2.05 bits per heavy atom. The van der Waals surface area contributed by atoms with Gasteiger partial charge >= 0.3 is 0 Å². The van der Waals surface area contributed by atoms with Crippen LogP contribution in [0.4, 0.5) is 4.39 Å². The molecule has 1 N–H and O–H groups in total. The molecule has 3 aromatic rings. The third-order valence-electron chi connectivity index (χ3n) is 3.35. The second-order valence-electron chi connectivity index (χ2n) is 4.67. The van der Waals surface area contributed by atoms with Crippen molar-refractivity contribution in [3.05, 3.63) is 83.5 Å². The van der Waals surface area contributed by atoms with Crippen LogP contribution in [0, 0.1) is 12.7 Å². The SMILES string of the molecule is Cc1cccc(C(c2ccccn2)c2cnc[nH]2)c1F. The van der Waals surface area contributed by atoms with E-state index in [1.54, 1.807) is 37.8 Å². The van der Waals surface area contributed by atoms with Crippen LogP contribution in [0.15, 0.2) is 55.1 Å². The third-order valence-corrected chi connectivity index (χ3v) is 3.35. The number of nitrogens with one attached hydrogen (secondary N) is 1. The molecule has 0 aliphatic heterocycles. The number of halogens is 1. The number of hydrogen-bond acceptors (Lipinski definition) is 2. The van der Waals surface area contributed by atoms with E-state index in [9.17, 15) is 4.39 Å². The molecule has 0 bridgehead atoms. The summed E-state index contributed by atoms with van der Waals surface area (Å²) in [6.07, 6.45) is 5.02. The van der Waals surface area contributed by atoms with Crippen molar-refractivity contribution in [1.29, 1.82) is 0 Å². The minimum atomic E-state index is -0.279.